The van der Waals surface area contributed by atoms with Gasteiger partial charge in [0.15, 0.2) is 6.10 Å². The monoisotopic (exact) mass is 431 g/mol. The van der Waals surface area contributed by atoms with Gasteiger partial charge in [-0.1, -0.05) is 19.3 Å². The summed E-state index contributed by atoms with van der Waals surface area (Å²) in [5, 5.41) is 0.938. The molecule has 2 aliphatic carbocycles. The number of amides is 2. The highest BCUT2D eigenvalue weighted by Crippen LogP contribution is 2.48. The Labute approximate surface area is 183 Å². The Morgan fingerprint density at radius 3 is 2.43 bits per heavy atom. The second kappa shape index (κ2) is 7.90. The van der Waals surface area contributed by atoms with Crippen LogP contribution in [0.15, 0.2) is 0 Å². The second-order valence-electron chi connectivity index (χ2n) is 9.70. The lowest BCUT2D eigenvalue weighted by Crippen LogP contribution is -2.78. The van der Waals surface area contributed by atoms with E-state index in [1.165, 1.54) is 43.4 Å². The molecule has 1 aromatic rings. The van der Waals surface area contributed by atoms with Crippen LogP contribution in [-0.2, 0) is 9.53 Å². The number of thiazole rings is 1. The van der Waals surface area contributed by atoms with Crippen molar-refractivity contribution in [2.45, 2.75) is 89.3 Å². The molecule has 0 radical (unpaired) electrons. The van der Waals surface area contributed by atoms with E-state index in [9.17, 15) is 9.59 Å². The van der Waals surface area contributed by atoms with Crippen molar-refractivity contribution in [3.05, 3.63) is 15.6 Å². The fraction of sp³-hybridized carbons (Fsp3) is 0.783. The Bertz CT molecular complexity index is 820. The SMILES string of the molecule is Cc1nc(C)c(C(=O)N2CCC(N3C(=O)C(OCC4CC4)C34CCCCC4)CC2)s1. The molecule has 3 heterocycles. The molecule has 0 aromatic carbocycles. The molecule has 4 fully saturated rings. The van der Waals surface area contributed by atoms with Crippen molar-refractivity contribution in [1.29, 1.82) is 0 Å². The number of nitrogens with zero attached hydrogens (tertiary/aromatic N) is 3. The highest BCUT2D eigenvalue weighted by molar-refractivity contribution is 7.13. The van der Waals surface area contributed by atoms with Gasteiger partial charge >= 0.3 is 0 Å². The van der Waals surface area contributed by atoms with E-state index >= 15 is 0 Å². The van der Waals surface area contributed by atoms with Crippen LogP contribution in [0, 0.1) is 19.8 Å². The Morgan fingerprint density at radius 1 is 1.13 bits per heavy atom. The minimum atomic E-state index is -0.221. The molecule has 1 atom stereocenters. The molecule has 5 rings (SSSR count). The molecule has 1 unspecified atom stereocenters. The van der Waals surface area contributed by atoms with Crippen molar-refractivity contribution in [3.8, 4) is 0 Å². The zero-order valence-corrected chi connectivity index (χ0v) is 19.0. The lowest BCUT2D eigenvalue weighted by atomic mass is 9.68. The Morgan fingerprint density at radius 2 is 1.83 bits per heavy atom. The van der Waals surface area contributed by atoms with Crippen molar-refractivity contribution >= 4 is 23.2 Å². The van der Waals surface area contributed by atoms with E-state index in [1.54, 1.807) is 0 Å². The summed E-state index contributed by atoms with van der Waals surface area (Å²) in [6, 6.07) is 0.240. The summed E-state index contributed by atoms with van der Waals surface area (Å²) in [6.45, 7) is 6.05. The van der Waals surface area contributed by atoms with Crippen molar-refractivity contribution in [2.24, 2.45) is 5.92 Å². The number of rotatable bonds is 5. The third-order valence-electron chi connectivity index (χ3n) is 7.56. The zero-order chi connectivity index (χ0) is 20.9. The maximum absolute atomic E-state index is 13.2. The van der Waals surface area contributed by atoms with Gasteiger partial charge in [-0.15, -0.1) is 11.3 Å². The van der Waals surface area contributed by atoms with Crippen LogP contribution in [0.3, 0.4) is 0 Å². The minimum absolute atomic E-state index is 0.0769. The number of ether oxygens (including phenoxy) is 1. The maximum atomic E-state index is 13.2. The molecule has 6 nitrogen and oxygen atoms in total. The largest absolute Gasteiger partial charge is 0.366 e. The first kappa shape index (κ1) is 20.4. The van der Waals surface area contributed by atoms with Gasteiger partial charge in [-0.3, -0.25) is 9.59 Å². The number of aryl methyl sites for hydroxylation is 2. The quantitative estimate of drug-likeness (QED) is 0.667. The highest BCUT2D eigenvalue weighted by Gasteiger charge is 2.62. The molecular weight excluding hydrogens is 398 g/mol. The average Bonchev–Trinajstić information content (AvgIpc) is 3.51. The minimum Gasteiger partial charge on any atom is -0.366 e. The van der Waals surface area contributed by atoms with Crippen molar-refractivity contribution in [1.82, 2.24) is 14.8 Å². The van der Waals surface area contributed by atoms with Gasteiger partial charge < -0.3 is 14.5 Å². The van der Waals surface area contributed by atoms with Crippen molar-refractivity contribution in [3.63, 3.8) is 0 Å². The number of hydrogen-bond donors (Lipinski definition) is 0. The maximum Gasteiger partial charge on any atom is 0.265 e. The molecule has 7 heteroatoms. The number of likely N-dealkylation sites (tertiary alicyclic amines) is 2. The second-order valence-corrected chi connectivity index (χ2v) is 10.9. The molecule has 2 aliphatic heterocycles. The number of carbonyl (C=O) groups is 2. The van der Waals surface area contributed by atoms with Gasteiger partial charge in [-0.05, 0) is 58.3 Å². The molecule has 0 N–H and O–H groups in total. The van der Waals surface area contributed by atoms with Gasteiger partial charge in [-0.25, -0.2) is 4.98 Å². The fourth-order valence-electron chi connectivity index (χ4n) is 5.79. The molecule has 2 saturated heterocycles. The molecule has 1 spiro atoms. The number of piperidine rings is 1. The van der Waals surface area contributed by atoms with E-state index in [0.29, 0.717) is 19.0 Å². The van der Waals surface area contributed by atoms with Crippen LogP contribution in [-0.4, -0.2) is 64.0 Å². The fourth-order valence-corrected chi connectivity index (χ4v) is 6.68. The number of β-lactam (4-membered cyclic amide) rings is 1. The molecule has 4 aliphatic rings. The normalized spacial score (nSPS) is 26.9. The van der Waals surface area contributed by atoms with E-state index in [1.807, 2.05) is 18.7 Å². The number of aromatic nitrogens is 1. The van der Waals surface area contributed by atoms with Gasteiger partial charge in [0.2, 0.25) is 0 Å². The summed E-state index contributed by atoms with van der Waals surface area (Å²) in [4.78, 5) is 35.5. The van der Waals surface area contributed by atoms with Gasteiger partial charge in [0.05, 0.1) is 22.8 Å². The third kappa shape index (κ3) is 3.48. The van der Waals surface area contributed by atoms with Crippen LogP contribution in [0.25, 0.3) is 0 Å². The molecule has 0 bridgehead atoms. The van der Waals surface area contributed by atoms with Gasteiger partial charge in [0.25, 0.3) is 11.8 Å². The first-order valence-corrected chi connectivity index (χ1v) is 12.5. The van der Waals surface area contributed by atoms with Crippen LogP contribution >= 0.6 is 11.3 Å². The van der Waals surface area contributed by atoms with Gasteiger partial charge in [-0.2, -0.15) is 0 Å². The Kier molecular flexibility index (Phi) is 5.38. The summed E-state index contributed by atoms with van der Waals surface area (Å²) in [7, 11) is 0. The summed E-state index contributed by atoms with van der Waals surface area (Å²) in [6.07, 6.45) is 9.81. The summed E-state index contributed by atoms with van der Waals surface area (Å²) >= 11 is 1.49. The van der Waals surface area contributed by atoms with E-state index in [4.69, 9.17) is 4.74 Å². The van der Waals surface area contributed by atoms with E-state index in [2.05, 4.69) is 9.88 Å². The van der Waals surface area contributed by atoms with Gasteiger partial charge in [0, 0.05) is 19.1 Å². The predicted octanol–water partition coefficient (Wildman–Crippen LogP) is 3.70. The smallest absolute Gasteiger partial charge is 0.265 e. The van der Waals surface area contributed by atoms with E-state index in [-0.39, 0.29) is 29.5 Å². The highest BCUT2D eigenvalue weighted by atomic mass is 32.1. The molecular formula is C23H33N3O3S. The lowest BCUT2D eigenvalue weighted by Gasteiger charge is -2.62. The first-order valence-electron chi connectivity index (χ1n) is 11.7. The number of hydrogen-bond acceptors (Lipinski definition) is 5. The average molecular weight is 432 g/mol. The van der Waals surface area contributed by atoms with Crippen molar-refractivity contribution < 1.29 is 14.3 Å². The van der Waals surface area contributed by atoms with E-state index in [0.717, 1.165) is 47.9 Å². The van der Waals surface area contributed by atoms with Crippen LogP contribution in [0.4, 0.5) is 0 Å². The van der Waals surface area contributed by atoms with E-state index < -0.39 is 0 Å². The predicted molar refractivity (Wildman–Crippen MR) is 116 cm³/mol. The summed E-state index contributed by atoms with van der Waals surface area (Å²) in [5.74, 6) is 0.987. The van der Waals surface area contributed by atoms with Crippen LogP contribution < -0.4 is 0 Å². The third-order valence-corrected chi connectivity index (χ3v) is 8.62. The lowest BCUT2D eigenvalue weighted by molar-refractivity contribution is -0.211. The molecule has 2 amide bonds. The van der Waals surface area contributed by atoms with Gasteiger partial charge in [0.1, 0.15) is 4.88 Å². The summed E-state index contributed by atoms with van der Waals surface area (Å²) < 4.78 is 6.20. The van der Waals surface area contributed by atoms with Crippen LogP contribution in [0.2, 0.25) is 0 Å². The molecule has 164 valence electrons. The van der Waals surface area contributed by atoms with Crippen LogP contribution in [0.5, 0.6) is 0 Å². The Hall–Kier alpha value is -1.47. The zero-order valence-electron chi connectivity index (χ0n) is 18.2. The topological polar surface area (TPSA) is 62.7 Å². The van der Waals surface area contributed by atoms with Crippen LogP contribution in [0.1, 0.15) is 78.2 Å². The molecule has 30 heavy (non-hydrogen) atoms. The standard InChI is InChI=1S/C23H33N3O3S/c1-15-19(30-16(2)24-15)21(27)25-12-8-18(9-13-25)26-22(28)20(29-14-17-6-7-17)23(26)10-4-3-5-11-23/h17-18,20H,3-14H2,1-2H3. The summed E-state index contributed by atoms with van der Waals surface area (Å²) in [5.41, 5.74) is 0.756. The Balaban J connectivity index is 1.25. The molecule has 2 saturated carbocycles. The first-order chi connectivity index (χ1) is 14.5. The number of carbonyl (C=O) groups excluding carboxylic acids is 2. The van der Waals surface area contributed by atoms with Crippen molar-refractivity contribution in [2.75, 3.05) is 19.7 Å². The molecule has 1 aromatic heterocycles.